The maximum atomic E-state index is 13.2. The van der Waals surface area contributed by atoms with Crippen LogP contribution >= 0.6 is 11.8 Å². The van der Waals surface area contributed by atoms with Crippen molar-refractivity contribution in [2.75, 3.05) is 24.6 Å². The topological polar surface area (TPSA) is 20.3 Å². The van der Waals surface area contributed by atoms with Crippen molar-refractivity contribution in [3.8, 4) is 0 Å². The zero-order chi connectivity index (χ0) is 14.8. The summed E-state index contributed by atoms with van der Waals surface area (Å²) in [6, 6.07) is 2.39. The van der Waals surface area contributed by atoms with Gasteiger partial charge in [0, 0.05) is 24.4 Å². The van der Waals surface area contributed by atoms with E-state index in [9.17, 15) is 22.4 Å². The number of rotatable bonds is 1. The van der Waals surface area contributed by atoms with Gasteiger partial charge < -0.3 is 4.90 Å². The molecule has 1 aromatic carbocycles. The molecule has 0 aliphatic carbocycles. The summed E-state index contributed by atoms with van der Waals surface area (Å²) in [6.07, 6.45) is -3.99. The van der Waals surface area contributed by atoms with Crippen LogP contribution in [0.25, 0.3) is 0 Å². The molecule has 20 heavy (non-hydrogen) atoms. The number of nitrogens with zero attached hydrogens (tertiary/aromatic N) is 1. The Morgan fingerprint density at radius 1 is 1.20 bits per heavy atom. The summed E-state index contributed by atoms with van der Waals surface area (Å²) < 4.78 is 51.1. The van der Waals surface area contributed by atoms with Crippen molar-refractivity contribution in [2.24, 2.45) is 0 Å². The minimum Gasteiger partial charge on any atom is -0.338 e. The quantitative estimate of drug-likeness (QED) is 0.741. The van der Waals surface area contributed by atoms with Gasteiger partial charge in [-0.05, 0) is 30.4 Å². The van der Waals surface area contributed by atoms with E-state index in [-0.39, 0.29) is 5.56 Å². The molecule has 2 nitrogen and oxygen atoms in total. The van der Waals surface area contributed by atoms with Crippen molar-refractivity contribution in [1.82, 2.24) is 4.90 Å². The van der Waals surface area contributed by atoms with Crippen LogP contribution in [0.4, 0.5) is 17.6 Å². The summed E-state index contributed by atoms with van der Waals surface area (Å²) in [5.74, 6) is -0.140. The Morgan fingerprint density at radius 2 is 1.95 bits per heavy atom. The van der Waals surface area contributed by atoms with E-state index in [4.69, 9.17) is 0 Å². The first-order chi connectivity index (χ1) is 9.39. The lowest BCUT2D eigenvalue weighted by Crippen LogP contribution is -2.33. The van der Waals surface area contributed by atoms with Crippen LogP contribution in [0.2, 0.25) is 0 Å². The van der Waals surface area contributed by atoms with Crippen LogP contribution in [0.3, 0.4) is 0 Å². The highest BCUT2D eigenvalue weighted by Crippen LogP contribution is 2.32. The molecule has 0 unspecified atom stereocenters. The Kier molecular flexibility index (Phi) is 4.57. The summed E-state index contributed by atoms with van der Waals surface area (Å²) in [4.78, 5) is 13.7. The van der Waals surface area contributed by atoms with Gasteiger partial charge in [-0.25, -0.2) is 4.39 Å². The second-order valence-corrected chi connectivity index (χ2v) is 5.68. The highest BCUT2D eigenvalue weighted by atomic mass is 32.2. The molecule has 0 saturated carbocycles. The lowest BCUT2D eigenvalue weighted by Gasteiger charge is -2.20. The van der Waals surface area contributed by atoms with Crippen LogP contribution in [0.5, 0.6) is 0 Å². The number of amides is 1. The number of carbonyl (C=O) groups is 1. The average molecular weight is 307 g/mol. The van der Waals surface area contributed by atoms with Gasteiger partial charge in [-0.3, -0.25) is 4.79 Å². The van der Waals surface area contributed by atoms with Crippen LogP contribution in [0.1, 0.15) is 22.3 Å². The van der Waals surface area contributed by atoms with Crippen LogP contribution < -0.4 is 0 Å². The van der Waals surface area contributed by atoms with Gasteiger partial charge in [0.05, 0.1) is 5.56 Å². The summed E-state index contributed by atoms with van der Waals surface area (Å²) in [7, 11) is 0. The molecule has 1 fully saturated rings. The van der Waals surface area contributed by atoms with Crippen LogP contribution in [-0.2, 0) is 6.18 Å². The van der Waals surface area contributed by atoms with Crippen LogP contribution in [-0.4, -0.2) is 35.4 Å². The maximum Gasteiger partial charge on any atom is 0.419 e. The van der Waals surface area contributed by atoms with Gasteiger partial charge in [-0.15, -0.1) is 0 Å². The van der Waals surface area contributed by atoms with Crippen molar-refractivity contribution >= 4 is 17.7 Å². The summed E-state index contributed by atoms with van der Waals surface area (Å²) in [5.41, 5.74) is -1.52. The van der Waals surface area contributed by atoms with Gasteiger partial charge >= 0.3 is 6.18 Å². The van der Waals surface area contributed by atoms with E-state index in [2.05, 4.69) is 0 Å². The van der Waals surface area contributed by atoms with Gasteiger partial charge in [0.1, 0.15) is 5.82 Å². The Morgan fingerprint density at radius 3 is 2.65 bits per heavy atom. The largest absolute Gasteiger partial charge is 0.419 e. The predicted molar refractivity (Wildman–Crippen MR) is 69.2 cm³/mol. The monoisotopic (exact) mass is 307 g/mol. The zero-order valence-electron chi connectivity index (χ0n) is 10.5. The van der Waals surface area contributed by atoms with Gasteiger partial charge in [0.15, 0.2) is 0 Å². The molecule has 0 N–H and O–H groups in total. The lowest BCUT2D eigenvalue weighted by atomic mass is 10.1. The first kappa shape index (κ1) is 15.2. The molecule has 0 radical (unpaired) electrons. The third kappa shape index (κ3) is 3.45. The molecule has 2 rings (SSSR count). The minimum atomic E-state index is -4.80. The Bertz CT molecular complexity index is 496. The molecule has 1 heterocycles. The minimum absolute atomic E-state index is 0.120. The third-order valence-corrected chi connectivity index (χ3v) is 4.08. The number of hydrogen-bond acceptors (Lipinski definition) is 2. The highest BCUT2D eigenvalue weighted by molar-refractivity contribution is 7.99. The van der Waals surface area contributed by atoms with Gasteiger partial charge in [-0.2, -0.15) is 24.9 Å². The zero-order valence-corrected chi connectivity index (χ0v) is 11.4. The van der Waals surface area contributed by atoms with E-state index >= 15 is 0 Å². The summed E-state index contributed by atoms with van der Waals surface area (Å²) in [6.45, 7) is 1.02. The molecule has 0 atom stereocenters. The van der Waals surface area contributed by atoms with Crippen molar-refractivity contribution in [1.29, 1.82) is 0 Å². The molecule has 0 bridgehead atoms. The number of carbonyl (C=O) groups excluding carboxylic acids is 1. The fraction of sp³-hybridized carbons (Fsp3) is 0.462. The van der Waals surface area contributed by atoms with E-state index in [0.29, 0.717) is 25.2 Å². The van der Waals surface area contributed by atoms with Crippen LogP contribution in [0, 0.1) is 5.82 Å². The fourth-order valence-electron chi connectivity index (χ4n) is 2.01. The Hall–Kier alpha value is -1.24. The highest BCUT2D eigenvalue weighted by Gasteiger charge is 2.35. The number of halogens is 4. The molecule has 0 spiro atoms. The molecule has 1 amide bonds. The van der Waals surface area contributed by atoms with Crippen molar-refractivity contribution < 1.29 is 22.4 Å². The first-order valence-corrected chi connectivity index (χ1v) is 7.29. The SMILES string of the molecule is O=C(c1ccc(F)c(C(F)(F)F)c1)N1CCCSCC1. The number of hydrogen-bond donors (Lipinski definition) is 0. The van der Waals surface area contributed by atoms with Crippen molar-refractivity contribution in [3.63, 3.8) is 0 Å². The first-order valence-electron chi connectivity index (χ1n) is 6.13. The van der Waals surface area contributed by atoms with Crippen LogP contribution in [0.15, 0.2) is 18.2 Å². The second-order valence-electron chi connectivity index (χ2n) is 4.45. The molecular formula is C13H13F4NOS. The molecule has 1 aromatic rings. The molecule has 1 aliphatic rings. The Balaban J connectivity index is 2.26. The van der Waals surface area contributed by atoms with Gasteiger partial charge in [-0.1, -0.05) is 0 Å². The fourth-order valence-corrected chi connectivity index (χ4v) is 2.89. The van der Waals surface area contributed by atoms with Crippen molar-refractivity contribution in [2.45, 2.75) is 12.6 Å². The van der Waals surface area contributed by atoms with Crippen molar-refractivity contribution in [3.05, 3.63) is 35.1 Å². The maximum absolute atomic E-state index is 13.2. The molecule has 110 valence electrons. The predicted octanol–water partition coefficient (Wildman–Crippen LogP) is 3.42. The lowest BCUT2D eigenvalue weighted by molar-refractivity contribution is -0.140. The van der Waals surface area contributed by atoms with Gasteiger partial charge in [0.2, 0.25) is 0 Å². The number of alkyl halides is 3. The number of benzene rings is 1. The standard InChI is InChI=1S/C13H13F4NOS/c14-11-3-2-9(8-10(11)13(15,16)17)12(19)18-4-1-6-20-7-5-18/h2-3,8H,1,4-7H2. The van der Waals surface area contributed by atoms with E-state index in [1.807, 2.05) is 0 Å². The van der Waals surface area contributed by atoms with E-state index in [1.165, 1.54) is 4.90 Å². The molecule has 1 saturated heterocycles. The molecule has 1 aliphatic heterocycles. The van der Waals surface area contributed by atoms with E-state index in [0.717, 1.165) is 24.0 Å². The molecular weight excluding hydrogens is 294 g/mol. The molecule has 7 heteroatoms. The smallest absolute Gasteiger partial charge is 0.338 e. The third-order valence-electron chi connectivity index (χ3n) is 3.03. The van der Waals surface area contributed by atoms with E-state index < -0.39 is 23.5 Å². The number of thioether (sulfide) groups is 1. The summed E-state index contributed by atoms with van der Waals surface area (Å²) >= 11 is 1.71. The van der Waals surface area contributed by atoms with E-state index in [1.54, 1.807) is 11.8 Å². The average Bonchev–Trinajstić information content (AvgIpc) is 2.66. The summed E-state index contributed by atoms with van der Waals surface area (Å²) in [5, 5.41) is 0. The normalized spacial score (nSPS) is 16.9. The Labute approximate surface area is 118 Å². The van der Waals surface area contributed by atoms with Gasteiger partial charge in [0.25, 0.3) is 5.91 Å². The second kappa shape index (κ2) is 6.03. The molecule has 0 aromatic heterocycles.